The summed E-state index contributed by atoms with van der Waals surface area (Å²) in [5.41, 5.74) is 3.78. The molecule has 0 radical (unpaired) electrons. The molecule has 1 atom stereocenters. The molecule has 34 heavy (non-hydrogen) atoms. The van der Waals surface area contributed by atoms with Gasteiger partial charge in [-0.2, -0.15) is 0 Å². The van der Waals surface area contributed by atoms with Gasteiger partial charge in [-0.1, -0.05) is 26.0 Å². The number of aromatic nitrogens is 2. The highest BCUT2D eigenvalue weighted by Gasteiger charge is 2.22. The molecule has 4 aromatic rings. The number of hydrogen-bond acceptors (Lipinski definition) is 5. The van der Waals surface area contributed by atoms with Crippen LogP contribution in [0.5, 0.6) is 5.75 Å². The molecule has 0 saturated carbocycles. The van der Waals surface area contributed by atoms with E-state index in [9.17, 15) is 9.59 Å². The zero-order valence-corrected chi connectivity index (χ0v) is 20.3. The molecular formula is C27H31N3O4. The molecule has 7 nitrogen and oxygen atoms in total. The summed E-state index contributed by atoms with van der Waals surface area (Å²) < 4.78 is 12.9. The number of amides is 1. The van der Waals surface area contributed by atoms with Gasteiger partial charge < -0.3 is 19.0 Å². The highest BCUT2D eigenvalue weighted by molar-refractivity contribution is 5.83. The lowest BCUT2D eigenvalue weighted by atomic mass is 10.0. The molecular weight excluding hydrogens is 430 g/mol. The van der Waals surface area contributed by atoms with Crippen molar-refractivity contribution in [2.75, 3.05) is 7.11 Å². The minimum atomic E-state index is -0.391. The Labute approximate surface area is 198 Å². The van der Waals surface area contributed by atoms with Gasteiger partial charge in [0.1, 0.15) is 17.2 Å². The first-order chi connectivity index (χ1) is 16.3. The number of methoxy groups -OCH3 is 1. The van der Waals surface area contributed by atoms with Crippen molar-refractivity contribution in [2.45, 2.75) is 46.1 Å². The number of carbonyl (C=O) groups excluding carboxylic acids is 1. The van der Waals surface area contributed by atoms with E-state index < -0.39 is 5.63 Å². The van der Waals surface area contributed by atoms with Gasteiger partial charge in [0.2, 0.25) is 5.91 Å². The third kappa shape index (κ3) is 4.83. The summed E-state index contributed by atoms with van der Waals surface area (Å²) in [7, 11) is 3.56. The van der Waals surface area contributed by atoms with Crippen LogP contribution in [0.4, 0.5) is 0 Å². The Kier molecular flexibility index (Phi) is 6.72. The summed E-state index contributed by atoms with van der Waals surface area (Å²) in [6, 6.07) is 12.9. The average molecular weight is 462 g/mol. The van der Waals surface area contributed by atoms with E-state index in [1.807, 2.05) is 44.3 Å². The smallest absolute Gasteiger partial charge is 0.336 e. The number of nitrogens with one attached hydrogen (secondary N) is 1. The molecule has 4 rings (SSSR count). The highest BCUT2D eigenvalue weighted by Crippen LogP contribution is 2.29. The van der Waals surface area contributed by atoms with Gasteiger partial charge in [-0.05, 0) is 55.0 Å². The van der Waals surface area contributed by atoms with Crippen molar-refractivity contribution in [3.8, 4) is 5.75 Å². The number of para-hydroxylation sites is 2. The lowest BCUT2D eigenvalue weighted by Crippen LogP contribution is -2.31. The third-order valence-corrected chi connectivity index (χ3v) is 6.15. The van der Waals surface area contributed by atoms with Crippen LogP contribution in [0.3, 0.4) is 0 Å². The molecule has 7 heteroatoms. The minimum absolute atomic E-state index is 0.0452. The number of ether oxygens (including phenoxy) is 1. The Bertz CT molecular complexity index is 1400. The molecule has 1 N–H and O–H groups in total. The van der Waals surface area contributed by atoms with Crippen molar-refractivity contribution in [1.82, 2.24) is 14.9 Å². The summed E-state index contributed by atoms with van der Waals surface area (Å²) in [6.45, 7) is 6.15. The Hall–Kier alpha value is -3.61. The number of rotatable bonds is 8. The van der Waals surface area contributed by atoms with Gasteiger partial charge in [0.05, 0.1) is 24.2 Å². The second kappa shape index (κ2) is 9.71. The van der Waals surface area contributed by atoms with Crippen LogP contribution in [0.25, 0.3) is 22.0 Å². The van der Waals surface area contributed by atoms with Crippen molar-refractivity contribution >= 4 is 27.9 Å². The van der Waals surface area contributed by atoms with Gasteiger partial charge >= 0.3 is 5.63 Å². The van der Waals surface area contributed by atoms with Crippen molar-refractivity contribution < 1.29 is 13.9 Å². The number of imidazole rings is 1. The van der Waals surface area contributed by atoms with E-state index in [0.717, 1.165) is 39.8 Å². The molecule has 0 bridgehead atoms. The second-order valence-corrected chi connectivity index (χ2v) is 9.18. The maximum absolute atomic E-state index is 13.0. The normalized spacial score (nSPS) is 12.4. The fourth-order valence-corrected chi connectivity index (χ4v) is 4.47. The van der Waals surface area contributed by atoms with Crippen molar-refractivity contribution in [2.24, 2.45) is 13.0 Å². The SMILES string of the molecule is COc1cc2oc(=O)cc(C)c2cc1CCC(=O)NC(CC(C)C)c1nc2ccccc2n1C. The van der Waals surface area contributed by atoms with Crippen LogP contribution in [0.15, 0.2) is 51.7 Å². The van der Waals surface area contributed by atoms with Gasteiger partial charge in [-0.25, -0.2) is 9.78 Å². The monoisotopic (exact) mass is 461 g/mol. The Morgan fingerprint density at radius 1 is 1.21 bits per heavy atom. The summed E-state index contributed by atoms with van der Waals surface area (Å²) in [5, 5.41) is 4.05. The first-order valence-electron chi connectivity index (χ1n) is 11.6. The molecule has 0 saturated heterocycles. The first-order valence-corrected chi connectivity index (χ1v) is 11.6. The molecule has 2 aromatic heterocycles. The molecule has 0 spiro atoms. The van der Waals surface area contributed by atoms with Gasteiger partial charge in [-0.15, -0.1) is 0 Å². The van der Waals surface area contributed by atoms with Crippen LogP contribution in [0, 0.1) is 12.8 Å². The largest absolute Gasteiger partial charge is 0.496 e. The molecule has 1 unspecified atom stereocenters. The van der Waals surface area contributed by atoms with E-state index in [2.05, 4.69) is 23.7 Å². The molecule has 0 fully saturated rings. The lowest BCUT2D eigenvalue weighted by molar-refractivity contribution is -0.122. The molecule has 0 aliphatic heterocycles. The van der Waals surface area contributed by atoms with E-state index in [0.29, 0.717) is 30.1 Å². The summed E-state index contributed by atoms with van der Waals surface area (Å²) in [5.74, 6) is 1.81. The molecule has 1 amide bonds. The number of nitrogens with zero attached hydrogens (tertiary/aromatic N) is 2. The van der Waals surface area contributed by atoms with Crippen LogP contribution >= 0.6 is 0 Å². The van der Waals surface area contributed by atoms with E-state index in [1.54, 1.807) is 13.2 Å². The topological polar surface area (TPSA) is 86.4 Å². The average Bonchev–Trinajstić information content (AvgIpc) is 3.13. The van der Waals surface area contributed by atoms with Crippen LogP contribution < -0.4 is 15.7 Å². The van der Waals surface area contributed by atoms with Gasteiger partial charge in [-0.3, -0.25) is 4.79 Å². The zero-order valence-electron chi connectivity index (χ0n) is 20.3. The first kappa shape index (κ1) is 23.5. The van der Waals surface area contributed by atoms with E-state index in [-0.39, 0.29) is 11.9 Å². The number of aryl methyl sites for hydroxylation is 3. The van der Waals surface area contributed by atoms with Gasteiger partial charge in [0.15, 0.2) is 0 Å². The molecule has 0 aliphatic rings. The lowest BCUT2D eigenvalue weighted by Gasteiger charge is -2.21. The molecule has 2 heterocycles. The number of benzene rings is 2. The van der Waals surface area contributed by atoms with Crippen molar-refractivity contribution in [3.05, 3.63) is 69.8 Å². The standard InChI is InChI=1S/C27H31N3O4/c1-16(2)12-21(27-29-20-8-6-7-9-22(20)30(27)4)28-25(31)11-10-18-14-19-17(3)13-26(32)34-24(19)15-23(18)33-5/h6-9,13-16,21H,10-12H2,1-5H3,(H,28,31). The molecule has 178 valence electrons. The Balaban J connectivity index is 1.55. The minimum Gasteiger partial charge on any atom is -0.496 e. The summed E-state index contributed by atoms with van der Waals surface area (Å²) >= 11 is 0. The zero-order chi connectivity index (χ0) is 24.4. The molecule has 2 aromatic carbocycles. The fraction of sp³-hybridized carbons (Fsp3) is 0.370. The maximum Gasteiger partial charge on any atom is 0.336 e. The van der Waals surface area contributed by atoms with Crippen molar-refractivity contribution in [1.29, 1.82) is 0 Å². The maximum atomic E-state index is 13.0. The summed E-state index contributed by atoms with van der Waals surface area (Å²) in [6.07, 6.45) is 1.59. The Morgan fingerprint density at radius 2 is 1.97 bits per heavy atom. The van der Waals surface area contributed by atoms with E-state index >= 15 is 0 Å². The van der Waals surface area contributed by atoms with Crippen LogP contribution in [-0.4, -0.2) is 22.6 Å². The van der Waals surface area contributed by atoms with E-state index in [1.165, 1.54) is 6.07 Å². The predicted octanol–water partition coefficient (Wildman–Crippen LogP) is 4.83. The number of carbonyl (C=O) groups is 1. The second-order valence-electron chi connectivity index (χ2n) is 9.18. The van der Waals surface area contributed by atoms with Gasteiger partial charge in [0.25, 0.3) is 0 Å². The highest BCUT2D eigenvalue weighted by atomic mass is 16.5. The van der Waals surface area contributed by atoms with Gasteiger partial charge in [0, 0.05) is 31.0 Å². The van der Waals surface area contributed by atoms with E-state index in [4.69, 9.17) is 14.1 Å². The quantitative estimate of drug-likeness (QED) is 0.380. The third-order valence-electron chi connectivity index (χ3n) is 6.15. The van der Waals surface area contributed by atoms with Crippen molar-refractivity contribution in [3.63, 3.8) is 0 Å². The number of hydrogen-bond donors (Lipinski definition) is 1. The van der Waals surface area contributed by atoms with Crippen LogP contribution in [-0.2, 0) is 18.3 Å². The van der Waals surface area contributed by atoms with Crippen LogP contribution in [0.2, 0.25) is 0 Å². The Morgan fingerprint density at radius 3 is 2.68 bits per heavy atom. The summed E-state index contributed by atoms with van der Waals surface area (Å²) in [4.78, 5) is 29.6. The molecule has 0 aliphatic carbocycles. The fourth-order valence-electron chi connectivity index (χ4n) is 4.47. The predicted molar refractivity (Wildman–Crippen MR) is 133 cm³/mol. The number of fused-ring (bicyclic) bond motifs is 2. The van der Waals surface area contributed by atoms with Crippen LogP contribution in [0.1, 0.15) is 49.7 Å².